The van der Waals surface area contributed by atoms with E-state index in [1.54, 1.807) is 6.92 Å². The van der Waals surface area contributed by atoms with Crippen molar-refractivity contribution in [2.24, 2.45) is 0 Å². The standard InChI is InChI=1S/C19H22N2O5S/c1-10-14(27-18(20-10)19(2,3)4)15(22)21-13-9-11(16(23)25-5)7-8-12(13)17(24)26-6/h7-9H,1-6H3,(H,21,22). The number of hydrogen-bond donors (Lipinski definition) is 1. The molecule has 0 aliphatic heterocycles. The number of thiazole rings is 1. The molecule has 0 aliphatic carbocycles. The summed E-state index contributed by atoms with van der Waals surface area (Å²) in [6.45, 7) is 7.80. The summed E-state index contributed by atoms with van der Waals surface area (Å²) < 4.78 is 9.44. The second-order valence-electron chi connectivity index (χ2n) is 6.88. The zero-order chi connectivity index (χ0) is 20.4. The van der Waals surface area contributed by atoms with E-state index in [0.29, 0.717) is 10.6 Å². The van der Waals surface area contributed by atoms with Gasteiger partial charge in [0.1, 0.15) is 4.88 Å². The lowest BCUT2D eigenvalue weighted by Gasteiger charge is -2.13. The lowest BCUT2D eigenvalue weighted by molar-refractivity contribution is 0.0587. The molecule has 1 amide bonds. The topological polar surface area (TPSA) is 94.6 Å². The van der Waals surface area contributed by atoms with Crippen molar-refractivity contribution in [3.63, 3.8) is 0 Å². The van der Waals surface area contributed by atoms with Crippen LogP contribution >= 0.6 is 11.3 Å². The van der Waals surface area contributed by atoms with E-state index in [9.17, 15) is 14.4 Å². The van der Waals surface area contributed by atoms with Crippen molar-refractivity contribution in [2.45, 2.75) is 33.1 Å². The number of nitrogens with one attached hydrogen (secondary N) is 1. The molecule has 0 atom stereocenters. The Kier molecular flexibility index (Phi) is 6.00. The van der Waals surface area contributed by atoms with Crippen LogP contribution < -0.4 is 5.32 Å². The van der Waals surface area contributed by atoms with Gasteiger partial charge in [-0.2, -0.15) is 0 Å². The number of carbonyl (C=O) groups excluding carboxylic acids is 3. The van der Waals surface area contributed by atoms with E-state index >= 15 is 0 Å². The van der Waals surface area contributed by atoms with E-state index in [2.05, 4.69) is 10.3 Å². The normalized spacial score (nSPS) is 11.0. The molecule has 0 aliphatic rings. The van der Waals surface area contributed by atoms with Crippen molar-refractivity contribution in [2.75, 3.05) is 19.5 Å². The number of esters is 2. The molecule has 0 unspecified atom stereocenters. The number of hydrogen-bond acceptors (Lipinski definition) is 7. The first-order valence-corrected chi connectivity index (χ1v) is 9.00. The molecule has 144 valence electrons. The number of rotatable bonds is 4. The van der Waals surface area contributed by atoms with Crippen molar-refractivity contribution < 1.29 is 23.9 Å². The number of anilines is 1. The van der Waals surface area contributed by atoms with Gasteiger partial charge < -0.3 is 14.8 Å². The minimum absolute atomic E-state index is 0.136. The summed E-state index contributed by atoms with van der Waals surface area (Å²) >= 11 is 1.30. The van der Waals surface area contributed by atoms with Crippen LogP contribution in [-0.2, 0) is 14.9 Å². The van der Waals surface area contributed by atoms with Gasteiger partial charge in [0.05, 0.1) is 41.7 Å². The van der Waals surface area contributed by atoms with E-state index in [1.165, 1.54) is 43.8 Å². The molecule has 2 rings (SSSR count). The summed E-state index contributed by atoms with van der Waals surface area (Å²) in [4.78, 5) is 41.5. The average molecular weight is 390 g/mol. The molecule has 2 aromatic rings. The molecule has 1 aromatic heterocycles. The van der Waals surface area contributed by atoms with Crippen molar-refractivity contribution in [1.29, 1.82) is 0 Å². The van der Waals surface area contributed by atoms with Crippen molar-refractivity contribution in [1.82, 2.24) is 4.98 Å². The Morgan fingerprint density at radius 2 is 1.70 bits per heavy atom. The molecule has 8 heteroatoms. The molecule has 27 heavy (non-hydrogen) atoms. The van der Waals surface area contributed by atoms with Crippen LogP contribution in [0.1, 0.15) is 61.9 Å². The molecule has 0 saturated heterocycles. The highest BCUT2D eigenvalue weighted by atomic mass is 32.1. The minimum atomic E-state index is -0.627. The van der Waals surface area contributed by atoms with Crippen molar-refractivity contribution >= 4 is 34.9 Å². The Bertz CT molecular complexity index is 896. The van der Waals surface area contributed by atoms with E-state index in [1.807, 2.05) is 20.8 Å². The minimum Gasteiger partial charge on any atom is -0.465 e. The summed E-state index contributed by atoms with van der Waals surface area (Å²) in [7, 11) is 2.49. The van der Waals surface area contributed by atoms with Crippen molar-refractivity contribution in [3.8, 4) is 0 Å². The molecule has 1 aromatic carbocycles. The maximum absolute atomic E-state index is 12.8. The first-order valence-electron chi connectivity index (χ1n) is 8.18. The van der Waals surface area contributed by atoms with Gasteiger partial charge in [0.25, 0.3) is 5.91 Å². The number of ether oxygens (including phenoxy) is 2. The van der Waals surface area contributed by atoms with Gasteiger partial charge in [0.2, 0.25) is 0 Å². The van der Waals surface area contributed by atoms with Crippen LogP contribution in [0.15, 0.2) is 18.2 Å². The van der Waals surface area contributed by atoms with Gasteiger partial charge in [-0.15, -0.1) is 11.3 Å². The third-order valence-corrected chi connectivity index (χ3v) is 5.32. The highest BCUT2D eigenvalue weighted by Gasteiger charge is 2.24. The first kappa shape index (κ1) is 20.6. The monoisotopic (exact) mass is 390 g/mol. The van der Waals surface area contributed by atoms with Gasteiger partial charge >= 0.3 is 11.9 Å². The van der Waals surface area contributed by atoms with E-state index in [-0.39, 0.29) is 22.2 Å². The van der Waals surface area contributed by atoms with Gasteiger partial charge in [-0.1, -0.05) is 20.8 Å². The Balaban J connectivity index is 2.43. The van der Waals surface area contributed by atoms with Crippen LogP contribution in [0.3, 0.4) is 0 Å². The zero-order valence-corrected chi connectivity index (χ0v) is 16.9. The number of benzene rings is 1. The molecular formula is C19H22N2O5S. The zero-order valence-electron chi connectivity index (χ0n) is 16.1. The van der Waals surface area contributed by atoms with Gasteiger partial charge in [-0.3, -0.25) is 4.79 Å². The predicted octanol–water partition coefficient (Wildman–Crippen LogP) is 3.57. The number of nitrogens with zero attached hydrogens (tertiary/aromatic N) is 1. The molecule has 0 radical (unpaired) electrons. The lowest BCUT2D eigenvalue weighted by atomic mass is 9.98. The fourth-order valence-electron chi connectivity index (χ4n) is 2.29. The van der Waals surface area contributed by atoms with Crippen LogP contribution in [0.4, 0.5) is 5.69 Å². The fourth-order valence-corrected chi connectivity index (χ4v) is 3.31. The van der Waals surface area contributed by atoms with E-state index in [0.717, 1.165) is 5.01 Å². The lowest BCUT2D eigenvalue weighted by Crippen LogP contribution is -2.16. The van der Waals surface area contributed by atoms with E-state index < -0.39 is 17.8 Å². The number of carbonyl (C=O) groups is 3. The quantitative estimate of drug-likeness (QED) is 0.802. The SMILES string of the molecule is COC(=O)c1ccc(C(=O)OC)c(NC(=O)c2sc(C(C)(C)C)nc2C)c1. The Morgan fingerprint density at radius 1 is 1.07 bits per heavy atom. The van der Waals surface area contributed by atoms with Crippen LogP contribution in [-0.4, -0.2) is 37.0 Å². The Labute approximate surface area is 161 Å². The summed E-state index contributed by atoms with van der Waals surface area (Å²) in [6.07, 6.45) is 0. The molecule has 0 bridgehead atoms. The van der Waals surface area contributed by atoms with Crippen molar-refractivity contribution in [3.05, 3.63) is 44.9 Å². The summed E-state index contributed by atoms with van der Waals surface area (Å²) in [5.74, 6) is -1.61. The fraction of sp³-hybridized carbons (Fsp3) is 0.368. The Morgan fingerprint density at radius 3 is 2.22 bits per heavy atom. The highest BCUT2D eigenvalue weighted by molar-refractivity contribution is 7.14. The molecule has 0 spiro atoms. The molecule has 7 nitrogen and oxygen atoms in total. The molecular weight excluding hydrogens is 368 g/mol. The second kappa shape index (κ2) is 7.87. The number of aryl methyl sites for hydroxylation is 1. The van der Waals surface area contributed by atoms with Gasteiger partial charge in [0, 0.05) is 5.41 Å². The van der Waals surface area contributed by atoms with Gasteiger partial charge in [0.15, 0.2) is 0 Å². The molecule has 1 heterocycles. The maximum Gasteiger partial charge on any atom is 0.339 e. The third kappa shape index (κ3) is 4.51. The second-order valence-corrected chi connectivity index (χ2v) is 7.88. The van der Waals surface area contributed by atoms with Crippen LogP contribution in [0.2, 0.25) is 0 Å². The first-order chi connectivity index (χ1) is 12.6. The summed E-state index contributed by atoms with van der Waals surface area (Å²) in [6, 6.07) is 4.23. The highest BCUT2D eigenvalue weighted by Crippen LogP contribution is 2.30. The van der Waals surface area contributed by atoms with E-state index in [4.69, 9.17) is 9.47 Å². The number of aromatic nitrogens is 1. The summed E-state index contributed by atoms with van der Waals surface area (Å²) in [5, 5.41) is 3.52. The molecule has 0 fully saturated rings. The van der Waals surface area contributed by atoms with Gasteiger partial charge in [-0.25, -0.2) is 14.6 Å². The van der Waals surface area contributed by atoms with Crippen LogP contribution in [0.5, 0.6) is 0 Å². The van der Waals surface area contributed by atoms with Crippen LogP contribution in [0.25, 0.3) is 0 Å². The third-order valence-electron chi connectivity index (χ3n) is 3.74. The molecule has 1 N–H and O–H groups in total. The smallest absolute Gasteiger partial charge is 0.339 e. The summed E-state index contributed by atoms with van der Waals surface area (Å²) in [5.41, 5.74) is 0.926. The Hall–Kier alpha value is -2.74. The maximum atomic E-state index is 12.8. The van der Waals surface area contributed by atoms with Gasteiger partial charge in [-0.05, 0) is 25.1 Å². The largest absolute Gasteiger partial charge is 0.465 e. The number of methoxy groups -OCH3 is 2. The molecule has 0 saturated carbocycles. The number of amides is 1. The van der Waals surface area contributed by atoms with Crippen LogP contribution in [0, 0.1) is 6.92 Å². The predicted molar refractivity (Wildman–Crippen MR) is 103 cm³/mol. The average Bonchev–Trinajstić information content (AvgIpc) is 3.02.